The Labute approximate surface area is 164 Å². The summed E-state index contributed by atoms with van der Waals surface area (Å²) in [7, 11) is 1.56. The van der Waals surface area contributed by atoms with Crippen molar-refractivity contribution in [2.75, 3.05) is 20.2 Å². The van der Waals surface area contributed by atoms with Crippen molar-refractivity contribution in [2.45, 2.75) is 64.7 Å². The van der Waals surface area contributed by atoms with Gasteiger partial charge in [0.25, 0.3) is 5.91 Å². The molecule has 152 valence electrons. The first-order chi connectivity index (χ1) is 12.5. The standard InChI is InChI=1S/C18H29ClN4O4/c1-10(2)13-14(19)22-15(21-13)16(24)20-11-7-8-23(9-12(11)26-6)17(25)27-18(3,4)5/h10-12H,7-9H2,1-6H3,(H,20,24)(H,21,22)/t11-,12+/m1/s1. The monoisotopic (exact) mass is 400 g/mol. The average molecular weight is 401 g/mol. The van der Waals surface area contributed by atoms with Crippen LogP contribution >= 0.6 is 11.6 Å². The zero-order valence-electron chi connectivity index (χ0n) is 16.8. The van der Waals surface area contributed by atoms with E-state index in [2.05, 4.69) is 15.3 Å². The van der Waals surface area contributed by atoms with Crippen molar-refractivity contribution in [2.24, 2.45) is 0 Å². The fraction of sp³-hybridized carbons (Fsp3) is 0.722. The van der Waals surface area contributed by atoms with E-state index >= 15 is 0 Å². The number of hydrogen-bond acceptors (Lipinski definition) is 5. The molecular weight excluding hydrogens is 372 g/mol. The summed E-state index contributed by atoms with van der Waals surface area (Å²) in [5.74, 6) is -0.0370. The number of methoxy groups -OCH3 is 1. The highest BCUT2D eigenvalue weighted by Gasteiger charge is 2.35. The Hall–Kier alpha value is -1.80. The van der Waals surface area contributed by atoms with Gasteiger partial charge in [0, 0.05) is 13.7 Å². The van der Waals surface area contributed by atoms with Crippen molar-refractivity contribution in [3.05, 3.63) is 16.7 Å². The number of nitrogens with one attached hydrogen (secondary N) is 2. The second kappa shape index (κ2) is 8.48. The Morgan fingerprint density at radius 1 is 1.37 bits per heavy atom. The van der Waals surface area contributed by atoms with Crippen molar-refractivity contribution < 1.29 is 19.1 Å². The normalized spacial score (nSPS) is 20.7. The molecule has 1 fully saturated rings. The average Bonchev–Trinajstić information content (AvgIpc) is 2.95. The number of aromatic amines is 1. The molecule has 0 aromatic carbocycles. The number of nitrogens with zero attached hydrogens (tertiary/aromatic N) is 2. The summed E-state index contributed by atoms with van der Waals surface area (Å²) >= 11 is 6.08. The molecule has 0 unspecified atom stereocenters. The van der Waals surface area contributed by atoms with Gasteiger partial charge in [0.2, 0.25) is 0 Å². The molecule has 2 atom stereocenters. The van der Waals surface area contributed by atoms with Crippen LogP contribution in [0.25, 0.3) is 0 Å². The molecule has 2 amide bonds. The minimum atomic E-state index is -0.558. The highest BCUT2D eigenvalue weighted by atomic mass is 35.5. The van der Waals surface area contributed by atoms with Crippen LogP contribution in [0.4, 0.5) is 4.79 Å². The zero-order valence-corrected chi connectivity index (χ0v) is 17.5. The Balaban J connectivity index is 2.00. The predicted molar refractivity (Wildman–Crippen MR) is 102 cm³/mol. The smallest absolute Gasteiger partial charge is 0.410 e. The third-order valence-electron chi connectivity index (χ3n) is 4.31. The predicted octanol–water partition coefficient (Wildman–Crippen LogP) is 2.94. The van der Waals surface area contributed by atoms with Gasteiger partial charge in [0.05, 0.1) is 24.4 Å². The summed E-state index contributed by atoms with van der Waals surface area (Å²) in [5.41, 5.74) is 0.169. The van der Waals surface area contributed by atoms with E-state index in [4.69, 9.17) is 21.1 Å². The van der Waals surface area contributed by atoms with E-state index in [1.54, 1.807) is 12.0 Å². The van der Waals surface area contributed by atoms with Crippen LogP contribution in [0.5, 0.6) is 0 Å². The van der Waals surface area contributed by atoms with Crippen molar-refractivity contribution in [3.63, 3.8) is 0 Å². The first-order valence-electron chi connectivity index (χ1n) is 9.08. The number of H-pyrrole nitrogens is 1. The summed E-state index contributed by atoms with van der Waals surface area (Å²) in [6, 6.07) is -0.243. The van der Waals surface area contributed by atoms with Gasteiger partial charge in [-0.2, -0.15) is 0 Å². The molecule has 9 heteroatoms. The van der Waals surface area contributed by atoms with Gasteiger partial charge in [0.15, 0.2) is 11.0 Å². The Morgan fingerprint density at radius 3 is 2.56 bits per heavy atom. The first-order valence-corrected chi connectivity index (χ1v) is 9.46. The Kier molecular flexibility index (Phi) is 6.75. The zero-order chi connectivity index (χ0) is 20.4. The Bertz CT molecular complexity index is 683. The number of likely N-dealkylation sites (tertiary alicyclic amines) is 1. The van der Waals surface area contributed by atoms with Crippen LogP contribution in [-0.2, 0) is 9.47 Å². The second-order valence-corrected chi connectivity index (χ2v) is 8.37. The lowest BCUT2D eigenvalue weighted by molar-refractivity contribution is -0.0172. The summed E-state index contributed by atoms with van der Waals surface area (Å²) < 4.78 is 10.9. The van der Waals surface area contributed by atoms with Gasteiger partial charge in [0.1, 0.15) is 5.60 Å². The quantitative estimate of drug-likeness (QED) is 0.809. The molecule has 2 rings (SSSR count). The third-order valence-corrected chi connectivity index (χ3v) is 4.60. The topological polar surface area (TPSA) is 96.6 Å². The second-order valence-electron chi connectivity index (χ2n) is 8.01. The molecule has 2 N–H and O–H groups in total. The van der Waals surface area contributed by atoms with Crippen LogP contribution in [0.3, 0.4) is 0 Å². The highest BCUT2D eigenvalue weighted by molar-refractivity contribution is 6.30. The van der Waals surface area contributed by atoms with Gasteiger partial charge in [-0.3, -0.25) is 4.79 Å². The van der Waals surface area contributed by atoms with E-state index in [0.717, 1.165) is 5.69 Å². The number of halogens is 1. The lowest BCUT2D eigenvalue weighted by Gasteiger charge is -2.38. The van der Waals surface area contributed by atoms with Crippen LogP contribution in [0.2, 0.25) is 5.15 Å². The van der Waals surface area contributed by atoms with Gasteiger partial charge >= 0.3 is 6.09 Å². The molecule has 2 heterocycles. The minimum Gasteiger partial charge on any atom is -0.444 e. The van der Waals surface area contributed by atoms with E-state index in [1.165, 1.54) is 0 Å². The maximum Gasteiger partial charge on any atom is 0.410 e. The molecule has 0 spiro atoms. The Morgan fingerprint density at radius 2 is 2.04 bits per heavy atom. The fourth-order valence-corrected chi connectivity index (χ4v) is 3.26. The summed E-state index contributed by atoms with van der Waals surface area (Å²) in [5, 5.41) is 3.23. The van der Waals surface area contributed by atoms with Crippen molar-refractivity contribution in [1.29, 1.82) is 0 Å². The van der Waals surface area contributed by atoms with Crippen LogP contribution in [0, 0.1) is 0 Å². The number of imidazole rings is 1. The van der Waals surface area contributed by atoms with Crippen molar-refractivity contribution in [3.8, 4) is 0 Å². The summed E-state index contributed by atoms with van der Waals surface area (Å²) in [4.78, 5) is 33.5. The van der Waals surface area contributed by atoms with Gasteiger partial charge in [-0.05, 0) is 33.1 Å². The van der Waals surface area contributed by atoms with Crippen LogP contribution < -0.4 is 5.32 Å². The van der Waals surface area contributed by atoms with E-state index in [-0.39, 0.29) is 35.9 Å². The molecule has 0 aliphatic carbocycles. The number of piperidine rings is 1. The number of hydrogen-bond donors (Lipinski definition) is 2. The summed E-state index contributed by atoms with van der Waals surface area (Å²) in [6.45, 7) is 10.2. The lowest BCUT2D eigenvalue weighted by atomic mass is 10.0. The molecule has 1 aliphatic heterocycles. The lowest BCUT2D eigenvalue weighted by Crippen LogP contribution is -2.56. The number of ether oxygens (including phenoxy) is 2. The molecule has 0 saturated carbocycles. The fourth-order valence-electron chi connectivity index (χ4n) is 2.91. The number of carbonyl (C=O) groups excluding carboxylic acids is 2. The highest BCUT2D eigenvalue weighted by Crippen LogP contribution is 2.22. The van der Waals surface area contributed by atoms with Crippen LogP contribution in [-0.4, -0.2) is 64.8 Å². The maximum absolute atomic E-state index is 12.5. The van der Waals surface area contributed by atoms with Gasteiger partial charge in [-0.15, -0.1) is 0 Å². The molecule has 0 bridgehead atoms. The van der Waals surface area contributed by atoms with Gasteiger partial charge < -0.3 is 24.7 Å². The molecular formula is C18H29ClN4O4. The van der Waals surface area contributed by atoms with E-state index < -0.39 is 5.60 Å². The molecule has 8 nitrogen and oxygen atoms in total. The SMILES string of the molecule is CO[C@H]1CN(C(=O)OC(C)(C)C)CC[C@H]1NC(=O)c1nc(Cl)c(C(C)C)[nH]1. The van der Waals surface area contributed by atoms with Gasteiger partial charge in [-0.1, -0.05) is 25.4 Å². The molecule has 27 heavy (non-hydrogen) atoms. The summed E-state index contributed by atoms with van der Waals surface area (Å²) in [6.07, 6.45) is -0.173. The number of carbonyl (C=O) groups is 2. The van der Waals surface area contributed by atoms with Crippen LogP contribution in [0.1, 0.15) is 63.3 Å². The number of rotatable bonds is 4. The number of aromatic nitrogens is 2. The maximum atomic E-state index is 12.5. The molecule has 1 aliphatic rings. The minimum absolute atomic E-state index is 0.135. The van der Waals surface area contributed by atoms with E-state index in [1.807, 2.05) is 34.6 Å². The molecule has 1 aromatic heterocycles. The van der Waals surface area contributed by atoms with Crippen molar-refractivity contribution >= 4 is 23.6 Å². The van der Waals surface area contributed by atoms with E-state index in [9.17, 15) is 9.59 Å². The largest absolute Gasteiger partial charge is 0.444 e. The third kappa shape index (κ3) is 5.59. The van der Waals surface area contributed by atoms with Crippen molar-refractivity contribution in [1.82, 2.24) is 20.2 Å². The van der Waals surface area contributed by atoms with E-state index in [0.29, 0.717) is 24.7 Å². The van der Waals surface area contributed by atoms with Crippen LogP contribution in [0.15, 0.2) is 0 Å². The molecule has 1 saturated heterocycles. The number of amides is 2. The molecule has 1 aromatic rings. The first kappa shape index (κ1) is 21.5. The molecule has 0 radical (unpaired) electrons. The van der Waals surface area contributed by atoms with Gasteiger partial charge in [-0.25, -0.2) is 9.78 Å².